The molecule has 0 radical (unpaired) electrons. The fourth-order valence-electron chi connectivity index (χ4n) is 1.56. The zero-order valence-corrected chi connectivity index (χ0v) is 8.72. The van der Waals surface area contributed by atoms with Crippen molar-refractivity contribution in [2.24, 2.45) is 0 Å². The number of halogens is 2. The molecule has 2 N–H and O–H groups in total. The summed E-state index contributed by atoms with van der Waals surface area (Å²) < 4.78 is 26.6. The van der Waals surface area contributed by atoms with Gasteiger partial charge in [-0.15, -0.1) is 0 Å². The Kier molecular flexibility index (Phi) is 2.96. The molecule has 0 saturated heterocycles. The van der Waals surface area contributed by atoms with Gasteiger partial charge in [-0.05, 0) is 25.2 Å². The topological polar surface area (TPSA) is 40.7 Å². The number of hydrogen-bond donors (Lipinski definition) is 2. The van der Waals surface area contributed by atoms with Gasteiger partial charge in [0.25, 0.3) is 0 Å². The highest BCUT2D eigenvalue weighted by Gasteiger charge is 2.12. The molecule has 0 aliphatic rings. The van der Waals surface area contributed by atoms with Gasteiger partial charge in [0.1, 0.15) is 11.6 Å². The van der Waals surface area contributed by atoms with Gasteiger partial charge in [-0.3, -0.25) is 5.10 Å². The first kappa shape index (κ1) is 10.8. The van der Waals surface area contributed by atoms with Crippen molar-refractivity contribution in [2.75, 3.05) is 7.05 Å². The first-order chi connectivity index (χ1) is 7.72. The Balaban J connectivity index is 2.49. The van der Waals surface area contributed by atoms with Crippen LogP contribution in [0.3, 0.4) is 0 Å². The Morgan fingerprint density at radius 2 is 2.12 bits per heavy atom. The second-order valence-corrected chi connectivity index (χ2v) is 3.42. The van der Waals surface area contributed by atoms with Gasteiger partial charge in [0, 0.05) is 17.7 Å². The largest absolute Gasteiger partial charge is 0.314 e. The summed E-state index contributed by atoms with van der Waals surface area (Å²) in [7, 11) is 1.77. The first-order valence-corrected chi connectivity index (χ1v) is 4.84. The minimum Gasteiger partial charge on any atom is -0.314 e. The second kappa shape index (κ2) is 4.40. The van der Waals surface area contributed by atoms with Crippen LogP contribution in [-0.4, -0.2) is 17.2 Å². The van der Waals surface area contributed by atoms with Gasteiger partial charge in [-0.1, -0.05) is 0 Å². The van der Waals surface area contributed by atoms with E-state index in [0.29, 0.717) is 12.1 Å². The summed E-state index contributed by atoms with van der Waals surface area (Å²) in [4.78, 5) is 0. The van der Waals surface area contributed by atoms with Crippen LogP contribution in [0.25, 0.3) is 11.1 Å². The predicted molar refractivity (Wildman–Crippen MR) is 56.7 cm³/mol. The molecule has 3 nitrogen and oxygen atoms in total. The van der Waals surface area contributed by atoms with Crippen LogP contribution >= 0.6 is 0 Å². The summed E-state index contributed by atoms with van der Waals surface area (Å²) in [6.45, 7) is 0.519. The third kappa shape index (κ3) is 1.94. The van der Waals surface area contributed by atoms with Gasteiger partial charge in [0.05, 0.1) is 11.9 Å². The molecule has 0 aliphatic carbocycles. The minimum atomic E-state index is -0.465. The van der Waals surface area contributed by atoms with Gasteiger partial charge in [0.2, 0.25) is 0 Å². The molecule has 2 aromatic rings. The maximum Gasteiger partial charge on any atom is 0.131 e. The van der Waals surface area contributed by atoms with Gasteiger partial charge in [-0.25, -0.2) is 8.78 Å². The van der Waals surface area contributed by atoms with Crippen LogP contribution < -0.4 is 5.32 Å². The molecule has 0 spiro atoms. The quantitative estimate of drug-likeness (QED) is 0.836. The lowest BCUT2D eigenvalue weighted by Crippen LogP contribution is -2.06. The maximum atomic E-state index is 13.5. The smallest absolute Gasteiger partial charge is 0.131 e. The minimum absolute atomic E-state index is 0.221. The SMILES string of the molecule is CNCc1[nH]ncc1-c1cc(F)ccc1F. The van der Waals surface area contributed by atoms with Gasteiger partial charge >= 0.3 is 0 Å². The number of H-pyrrole nitrogens is 1. The lowest BCUT2D eigenvalue weighted by Gasteiger charge is -2.04. The molecule has 0 unspecified atom stereocenters. The molecule has 84 valence electrons. The van der Waals surface area contributed by atoms with Crippen molar-refractivity contribution in [3.63, 3.8) is 0 Å². The Morgan fingerprint density at radius 3 is 2.88 bits per heavy atom. The zero-order valence-electron chi connectivity index (χ0n) is 8.72. The molecule has 16 heavy (non-hydrogen) atoms. The van der Waals surface area contributed by atoms with E-state index in [1.54, 1.807) is 7.05 Å². The number of nitrogens with zero attached hydrogens (tertiary/aromatic N) is 1. The third-order valence-electron chi connectivity index (χ3n) is 2.29. The monoisotopic (exact) mass is 223 g/mol. The highest BCUT2D eigenvalue weighted by atomic mass is 19.1. The maximum absolute atomic E-state index is 13.5. The summed E-state index contributed by atoms with van der Waals surface area (Å²) in [5.74, 6) is -0.923. The van der Waals surface area contributed by atoms with Crippen molar-refractivity contribution in [1.82, 2.24) is 15.5 Å². The van der Waals surface area contributed by atoms with Crippen LogP contribution in [0.1, 0.15) is 5.69 Å². The summed E-state index contributed by atoms with van der Waals surface area (Å²) in [5.41, 5.74) is 1.53. The molecule has 0 saturated carbocycles. The Hall–Kier alpha value is -1.75. The Bertz CT molecular complexity index is 494. The van der Waals surface area contributed by atoms with Crippen LogP contribution in [0.5, 0.6) is 0 Å². The predicted octanol–water partition coefficient (Wildman–Crippen LogP) is 2.07. The summed E-state index contributed by atoms with van der Waals surface area (Å²) in [6.07, 6.45) is 1.49. The number of aromatic nitrogens is 2. The van der Waals surface area contributed by atoms with Gasteiger partial charge < -0.3 is 5.32 Å². The molecule has 0 amide bonds. The van der Waals surface area contributed by atoms with Crippen LogP contribution in [0.2, 0.25) is 0 Å². The van der Waals surface area contributed by atoms with Crippen molar-refractivity contribution < 1.29 is 8.78 Å². The summed E-state index contributed by atoms with van der Waals surface area (Å²) in [5, 5.41) is 9.51. The number of aromatic amines is 1. The van der Waals surface area contributed by atoms with Crippen LogP contribution in [0.15, 0.2) is 24.4 Å². The van der Waals surface area contributed by atoms with Crippen molar-refractivity contribution in [1.29, 1.82) is 0 Å². The first-order valence-electron chi connectivity index (χ1n) is 4.84. The molecular weight excluding hydrogens is 212 g/mol. The summed E-state index contributed by atoms with van der Waals surface area (Å²) >= 11 is 0. The number of nitrogens with one attached hydrogen (secondary N) is 2. The van der Waals surface area contributed by atoms with E-state index in [1.807, 2.05) is 0 Å². The number of benzene rings is 1. The number of rotatable bonds is 3. The standard InChI is InChI=1S/C11H11F2N3/c1-14-6-11-9(5-15-16-11)8-4-7(12)2-3-10(8)13/h2-5,14H,6H2,1H3,(H,15,16). The molecular formula is C11H11F2N3. The fourth-order valence-corrected chi connectivity index (χ4v) is 1.56. The highest BCUT2D eigenvalue weighted by Crippen LogP contribution is 2.25. The molecule has 0 bridgehead atoms. The van der Waals surface area contributed by atoms with Crippen LogP contribution in [0, 0.1) is 11.6 Å². The zero-order chi connectivity index (χ0) is 11.5. The third-order valence-corrected chi connectivity index (χ3v) is 2.29. The van der Waals surface area contributed by atoms with E-state index in [-0.39, 0.29) is 5.56 Å². The highest BCUT2D eigenvalue weighted by molar-refractivity contribution is 5.65. The molecule has 0 aliphatic heterocycles. The molecule has 2 rings (SSSR count). The van der Waals surface area contributed by atoms with Crippen LogP contribution in [-0.2, 0) is 6.54 Å². The molecule has 1 aromatic carbocycles. The molecule has 0 fully saturated rings. The van der Waals surface area contributed by atoms with Gasteiger partial charge in [-0.2, -0.15) is 5.10 Å². The van der Waals surface area contributed by atoms with Gasteiger partial charge in [0.15, 0.2) is 0 Å². The van der Waals surface area contributed by atoms with E-state index >= 15 is 0 Å². The van der Waals surface area contributed by atoms with Crippen molar-refractivity contribution in [3.05, 3.63) is 41.7 Å². The number of hydrogen-bond acceptors (Lipinski definition) is 2. The molecule has 0 atom stereocenters. The fraction of sp³-hybridized carbons (Fsp3) is 0.182. The lowest BCUT2D eigenvalue weighted by molar-refractivity contribution is 0.603. The van der Waals surface area contributed by atoms with Crippen LogP contribution in [0.4, 0.5) is 8.78 Å². The second-order valence-electron chi connectivity index (χ2n) is 3.42. The van der Waals surface area contributed by atoms with E-state index in [9.17, 15) is 8.78 Å². The molecule has 5 heteroatoms. The molecule has 1 heterocycles. The summed E-state index contributed by atoms with van der Waals surface area (Å²) in [6, 6.07) is 3.37. The lowest BCUT2D eigenvalue weighted by atomic mass is 10.1. The van der Waals surface area contributed by atoms with E-state index in [0.717, 1.165) is 17.8 Å². The van der Waals surface area contributed by atoms with E-state index in [1.165, 1.54) is 12.3 Å². The van der Waals surface area contributed by atoms with E-state index in [4.69, 9.17) is 0 Å². The Labute approximate surface area is 91.5 Å². The van der Waals surface area contributed by atoms with Crippen molar-refractivity contribution in [2.45, 2.75) is 6.54 Å². The molecule has 1 aromatic heterocycles. The average Bonchev–Trinajstić information content (AvgIpc) is 2.70. The van der Waals surface area contributed by atoms with E-state index in [2.05, 4.69) is 15.5 Å². The van der Waals surface area contributed by atoms with Crippen molar-refractivity contribution >= 4 is 0 Å². The average molecular weight is 223 g/mol. The van der Waals surface area contributed by atoms with Crippen molar-refractivity contribution in [3.8, 4) is 11.1 Å². The van der Waals surface area contributed by atoms with E-state index < -0.39 is 11.6 Å². The normalized spacial score (nSPS) is 10.7. The Morgan fingerprint density at radius 1 is 1.31 bits per heavy atom.